The van der Waals surface area contributed by atoms with Crippen LogP contribution in [0.25, 0.3) is 0 Å². The Labute approximate surface area is 134 Å². The third-order valence-electron chi connectivity index (χ3n) is 3.96. The summed E-state index contributed by atoms with van der Waals surface area (Å²) >= 11 is 0. The first-order chi connectivity index (χ1) is 11.2. The summed E-state index contributed by atoms with van der Waals surface area (Å²) in [5.41, 5.74) is 1.36. The zero-order valence-electron chi connectivity index (χ0n) is 13.2. The summed E-state index contributed by atoms with van der Waals surface area (Å²) in [7, 11) is 3.35. The smallest absolute Gasteiger partial charge is 0.255 e. The van der Waals surface area contributed by atoms with E-state index in [4.69, 9.17) is 4.74 Å². The number of nitrogens with one attached hydrogen (secondary N) is 1. The third kappa shape index (κ3) is 3.08. The number of ether oxygens (including phenoxy) is 1. The van der Waals surface area contributed by atoms with Crippen molar-refractivity contribution in [3.63, 3.8) is 0 Å². The van der Waals surface area contributed by atoms with E-state index in [9.17, 15) is 4.79 Å². The van der Waals surface area contributed by atoms with Crippen LogP contribution in [0.1, 0.15) is 34.9 Å². The van der Waals surface area contributed by atoms with E-state index in [0.717, 1.165) is 18.5 Å². The molecular formula is C16H19N5O2. The van der Waals surface area contributed by atoms with Gasteiger partial charge in [-0.05, 0) is 18.9 Å². The van der Waals surface area contributed by atoms with Crippen molar-refractivity contribution in [2.24, 2.45) is 0 Å². The van der Waals surface area contributed by atoms with Gasteiger partial charge in [-0.15, -0.1) is 0 Å². The number of amides is 1. The molecule has 2 aromatic heterocycles. The molecule has 7 nitrogen and oxygen atoms in total. The number of nitrogens with zero attached hydrogens (tertiary/aromatic N) is 4. The van der Waals surface area contributed by atoms with Gasteiger partial charge in [0.2, 0.25) is 5.88 Å². The number of methoxy groups -OCH3 is 1. The lowest BCUT2D eigenvalue weighted by atomic mass is 10.1. The minimum atomic E-state index is -0.0506. The van der Waals surface area contributed by atoms with Gasteiger partial charge in [0.25, 0.3) is 5.91 Å². The van der Waals surface area contributed by atoms with E-state index in [1.165, 1.54) is 0 Å². The van der Waals surface area contributed by atoms with E-state index in [1.54, 1.807) is 44.9 Å². The highest BCUT2D eigenvalue weighted by Crippen LogP contribution is 2.32. The molecule has 0 aromatic carbocycles. The Kier molecular flexibility index (Phi) is 4.36. The Morgan fingerprint density at radius 3 is 2.91 bits per heavy atom. The van der Waals surface area contributed by atoms with Crippen molar-refractivity contribution in [1.29, 1.82) is 0 Å². The molecule has 0 bridgehead atoms. The molecule has 0 saturated carbocycles. The maximum absolute atomic E-state index is 12.8. The second-order valence-electron chi connectivity index (χ2n) is 5.32. The fourth-order valence-electron chi connectivity index (χ4n) is 2.77. The summed E-state index contributed by atoms with van der Waals surface area (Å²) in [6.07, 6.45) is 6.77. The zero-order chi connectivity index (χ0) is 16.2. The van der Waals surface area contributed by atoms with Gasteiger partial charge in [-0.1, -0.05) is 0 Å². The molecule has 1 N–H and O–H groups in total. The van der Waals surface area contributed by atoms with Crippen molar-refractivity contribution in [2.45, 2.75) is 18.9 Å². The number of hydrogen-bond donors (Lipinski definition) is 1. The highest BCUT2D eigenvalue weighted by molar-refractivity contribution is 5.94. The molecule has 7 heteroatoms. The molecule has 1 fully saturated rings. The third-order valence-corrected chi connectivity index (χ3v) is 3.96. The molecule has 23 heavy (non-hydrogen) atoms. The number of carbonyl (C=O) groups excluding carboxylic acids is 1. The lowest BCUT2D eigenvalue weighted by Crippen LogP contribution is -2.31. The Morgan fingerprint density at radius 1 is 1.35 bits per heavy atom. The molecule has 1 aliphatic rings. The van der Waals surface area contributed by atoms with Crippen molar-refractivity contribution >= 4 is 11.7 Å². The van der Waals surface area contributed by atoms with E-state index in [1.807, 2.05) is 4.90 Å². The van der Waals surface area contributed by atoms with Gasteiger partial charge in [0.15, 0.2) is 0 Å². The quantitative estimate of drug-likeness (QED) is 0.928. The molecule has 120 valence electrons. The molecule has 0 aliphatic carbocycles. The molecule has 0 unspecified atom stereocenters. The number of likely N-dealkylation sites (tertiary alicyclic amines) is 1. The van der Waals surface area contributed by atoms with Gasteiger partial charge < -0.3 is 15.0 Å². The Morgan fingerprint density at radius 2 is 2.22 bits per heavy atom. The molecule has 1 saturated heterocycles. The first kappa shape index (κ1) is 15.2. The number of rotatable bonds is 4. The highest BCUT2D eigenvalue weighted by Gasteiger charge is 2.32. The van der Waals surface area contributed by atoms with Crippen LogP contribution in [0.15, 0.2) is 30.7 Å². The van der Waals surface area contributed by atoms with Crippen LogP contribution in [-0.4, -0.2) is 46.5 Å². The summed E-state index contributed by atoms with van der Waals surface area (Å²) in [5, 5.41) is 2.98. The number of carbonyl (C=O) groups is 1. The van der Waals surface area contributed by atoms with E-state index < -0.39 is 0 Å². The maximum Gasteiger partial charge on any atom is 0.255 e. The number of anilines is 1. The van der Waals surface area contributed by atoms with Gasteiger partial charge in [0.1, 0.15) is 5.82 Å². The second-order valence-corrected chi connectivity index (χ2v) is 5.32. The van der Waals surface area contributed by atoms with Crippen molar-refractivity contribution in [3.8, 4) is 5.88 Å². The first-order valence-electron chi connectivity index (χ1n) is 7.53. The average molecular weight is 313 g/mol. The first-order valence-corrected chi connectivity index (χ1v) is 7.53. The summed E-state index contributed by atoms with van der Waals surface area (Å²) in [5.74, 6) is 1.15. The number of hydrogen-bond acceptors (Lipinski definition) is 6. The minimum absolute atomic E-state index is 0.0423. The second kappa shape index (κ2) is 6.60. The van der Waals surface area contributed by atoms with E-state index in [0.29, 0.717) is 23.8 Å². The molecule has 1 amide bonds. The van der Waals surface area contributed by atoms with Crippen molar-refractivity contribution in [3.05, 3.63) is 42.0 Å². The summed E-state index contributed by atoms with van der Waals surface area (Å²) in [4.78, 5) is 27.4. The molecule has 1 aliphatic heterocycles. The fourth-order valence-corrected chi connectivity index (χ4v) is 2.77. The van der Waals surface area contributed by atoms with E-state index in [-0.39, 0.29) is 11.9 Å². The van der Waals surface area contributed by atoms with Gasteiger partial charge >= 0.3 is 0 Å². The maximum atomic E-state index is 12.8. The molecule has 0 radical (unpaired) electrons. The van der Waals surface area contributed by atoms with Crippen LogP contribution in [-0.2, 0) is 0 Å². The average Bonchev–Trinajstić information content (AvgIpc) is 3.11. The lowest BCUT2D eigenvalue weighted by Gasteiger charge is -2.24. The van der Waals surface area contributed by atoms with Crippen LogP contribution < -0.4 is 10.1 Å². The Hall–Kier alpha value is -2.70. The monoisotopic (exact) mass is 313 g/mol. The predicted octanol–water partition coefficient (Wildman–Crippen LogP) is 1.90. The van der Waals surface area contributed by atoms with Crippen LogP contribution >= 0.6 is 0 Å². The van der Waals surface area contributed by atoms with Gasteiger partial charge in [-0.2, -0.15) is 0 Å². The van der Waals surface area contributed by atoms with E-state index >= 15 is 0 Å². The van der Waals surface area contributed by atoms with Crippen molar-refractivity contribution in [2.75, 3.05) is 26.0 Å². The lowest BCUT2D eigenvalue weighted by molar-refractivity contribution is 0.0732. The number of pyridine rings is 1. The van der Waals surface area contributed by atoms with Crippen LogP contribution in [0.4, 0.5) is 5.82 Å². The SMILES string of the molecule is CNc1cncc([C@@H]2CCCN2C(=O)c2ccc(OC)nc2)n1. The summed E-state index contributed by atoms with van der Waals surface area (Å²) in [6, 6.07) is 3.38. The standard InChI is InChI=1S/C16H19N5O2/c1-17-14-10-18-9-12(20-14)13-4-3-7-21(13)16(22)11-5-6-15(23-2)19-8-11/h5-6,8-10,13H,3-4,7H2,1-2H3,(H,17,20)/t13-/m0/s1. The van der Waals surface area contributed by atoms with Crippen LogP contribution in [0.5, 0.6) is 5.88 Å². The fraction of sp³-hybridized carbons (Fsp3) is 0.375. The molecule has 3 heterocycles. The van der Waals surface area contributed by atoms with Gasteiger partial charge in [-0.3, -0.25) is 9.78 Å². The van der Waals surface area contributed by atoms with E-state index in [2.05, 4.69) is 20.3 Å². The van der Waals surface area contributed by atoms with Crippen molar-refractivity contribution in [1.82, 2.24) is 19.9 Å². The van der Waals surface area contributed by atoms with Gasteiger partial charge in [-0.25, -0.2) is 9.97 Å². The predicted molar refractivity (Wildman–Crippen MR) is 85.4 cm³/mol. The summed E-state index contributed by atoms with van der Waals surface area (Å²) < 4.78 is 5.03. The highest BCUT2D eigenvalue weighted by atomic mass is 16.5. The van der Waals surface area contributed by atoms with Crippen molar-refractivity contribution < 1.29 is 9.53 Å². The molecule has 2 aromatic rings. The van der Waals surface area contributed by atoms with Crippen LogP contribution in [0.2, 0.25) is 0 Å². The molecular weight excluding hydrogens is 294 g/mol. The topological polar surface area (TPSA) is 80.2 Å². The largest absolute Gasteiger partial charge is 0.481 e. The van der Waals surface area contributed by atoms with Gasteiger partial charge in [0, 0.05) is 25.9 Å². The Balaban J connectivity index is 1.83. The Bertz CT molecular complexity index is 689. The normalized spacial score (nSPS) is 17.1. The van der Waals surface area contributed by atoms with Crippen LogP contribution in [0.3, 0.4) is 0 Å². The van der Waals surface area contributed by atoms with Crippen LogP contribution in [0, 0.1) is 0 Å². The molecule has 3 rings (SSSR count). The molecule has 0 spiro atoms. The zero-order valence-corrected chi connectivity index (χ0v) is 13.2. The minimum Gasteiger partial charge on any atom is -0.481 e. The summed E-state index contributed by atoms with van der Waals surface area (Å²) in [6.45, 7) is 0.709. The number of aromatic nitrogens is 3. The molecule has 1 atom stereocenters. The van der Waals surface area contributed by atoms with Gasteiger partial charge in [0.05, 0.1) is 36.8 Å².